The maximum atomic E-state index is 13.7. The van der Waals surface area contributed by atoms with Gasteiger partial charge in [-0.2, -0.15) is 0 Å². The summed E-state index contributed by atoms with van der Waals surface area (Å²) in [6, 6.07) is 13.9. The van der Waals surface area contributed by atoms with Crippen LogP contribution >= 0.6 is 10.7 Å². The van der Waals surface area contributed by atoms with Crippen LogP contribution in [0.15, 0.2) is 48.5 Å². The summed E-state index contributed by atoms with van der Waals surface area (Å²) in [4.78, 5) is 13.7. The number of aliphatic hydroxyl groups is 1. The first-order valence-electron chi connectivity index (χ1n) is 15.6. The largest absolute Gasteiger partial charge is 0.390 e. The van der Waals surface area contributed by atoms with Crippen LogP contribution in [-0.2, 0) is 12.8 Å². The highest BCUT2D eigenvalue weighted by molar-refractivity contribution is 8.15. The molecule has 41 heavy (non-hydrogen) atoms. The summed E-state index contributed by atoms with van der Waals surface area (Å²) in [5, 5.41) is 18.0. The van der Waals surface area contributed by atoms with E-state index in [0.717, 1.165) is 41.8 Å². The van der Waals surface area contributed by atoms with Crippen molar-refractivity contribution in [3.8, 4) is 0 Å². The molecular weight excluding hydrogens is 526 g/mol. The minimum absolute atomic E-state index is 0.159. The summed E-state index contributed by atoms with van der Waals surface area (Å²) in [5.74, 6) is 5.70. The third-order valence-electron chi connectivity index (χ3n) is 7.57. The van der Waals surface area contributed by atoms with Crippen LogP contribution in [0.2, 0.25) is 0 Å². The number of amides is 1. The van der Waals surface area contributed by atoms with Crippen LogP contribution in [0, 0.1) is 5.92 Å². The zero-order valence-electron chi connectivity index (χ0n) is 26.6. The first-order chi connectivity index (χ1) is 19.7. The highest BCUT2D eigenvalue weighted by atomic mass is 32.2. The third-order valence-corrected chi connectivity index (χ3v) is 8.77. The van der Waals surface area contributed by atoms with Gasteiger partial charge in [0.05, 0.1) is 12.1 Å². The smallest absolute Gasteiger partial charge is 0.251 e. The Morgan fingerprint density at radius 1 is 1.07 bits per heavy atom. The molecule has 0 bridgehead atoms. The SMILES string of the molecule is C=S(CC)Nc1cc(C(=O)NC(Cc2ccccc2)C(O)CNC(C)CCCC(C)C)cc2c1CC=C2CC.CC. The molecule has 0 heterocycles. The molecule has 1 amide bonds. The lowest BCUT2D eigenvalue weighted by atomic mass is 9.97. The number of nitrogens with one attached hydrogen (secondary N) is 3. The Bertz CT molecular complexity index is 1130. The molecule has 1 aliphatic rings. The number of aliphatic hydroxyl groups excluding tert-OH is 1. The Morgan fingerprint density at radius 2 is 1.78 bits per heavy atom. The van der Waals surface area contributed by atoms with E-state index in [1.807, 2.05) is 56.3 Å². The summed E-state index contributed by atoms with van der Waals surface area (Å²) < 4.78 is 3.55. The lowest BCUT2D eigenvalue weighted by Gasteiger charge is -2.27. The molecule has 2 aromatic rings. The number of carbonyl (C=O) groups is 1. The van der Waals surface area contributed by atoms with Gasteiger partial charge in [-0.1, -0.05) is 96.7 Å². The van der Waals surface area contributed by atoms with E-state index in [4.69, 9.17) is 0 Å². The van der Waals surface area contributed by atoms with Gasteiger partial charge in [0.1, 0.15) is 0 Å². The molecule has 4 N–H and O–H groups in total. The first-order valence-corrected chi connectivity index (χ1v) is 17.2. The second-order valence-electron chi connectivity index (χ2n) is 11.2. The molecule has 1 aliphatic carbocycles. The quantitative estimate of drug-likeness (QED) is 0.154. The minimum Gasteiger partial charge on any atom is -0.390 e. The number of anilines is 1. The highest BCUT2D eigenvalue weighted by Gasteiger charge is 2.25. The zero-order valence-corrected chi connectivity index (χ0v) is 27.4. The highest BCUT2D eigenvalue weighted by Crippen LogP contribution is 2.37. The van der Waals surface area contributed by atoms with Crippen molar-refractivity contribution in [1.82, 2.24) is 10.6 Å². The normalized spacial score (nSPS) is 15.2. The van der Waals surface area contributed by atoms with Gasteiger partial charge in [-0.15, -0.1) is 10.7 Å². The molecule has 0 saturated carbocycles. The van der Waals surface area contributed by atoms with Crippen molar-refractivity contribution < 1.29 is 9.90 Å². The Morgan fingerprint density at radius 3 is 2.41 bits per heavy atom. The van der Waals surface area contributed by atoms with Gasteiger partial charge in [0.15, 0.2) is 0 Å². The summed E-state index contributed by atoms with van der Waals surface area (Å²) in [6.45, 7) is 15.4. The molecule has 0 radical (unpaired) electrons. The molecule has 0 aliphatic heterocycles. The van der Waals surface area contributed by atoms with E-state index in [1.165, 1.54) is 24.0 Å². The summed E-state index contributed by atoms with van der Waals surface area (Å²) in [6.07, 6.45) is 7.36. The molecule has 0 aromatic heterocycles. The maximum Gasteiger partial charge on any atom is 0.251 e. The molecule has 2 aromatic carbocycles. The van der Waals surface area contributed by atoms with E-state index in [9.17, 15) is 9.90 Å². The van der Waals surface area contributed by atoms with Crippen molar-refractivity contribution in [2.75, 3.05) is 17.0 Å². The molecule has 0 saturated heterocycles. The van der Waals surface area contributed by atoms with Crippen LogP contribution in [0.5, 0.6) is 0 Å². The van der Waals surface area contributed by atoms with E-state index in [0.29, 0.717) is 30.5 Å². The van der Waals surface area contributed by atoms with Crippen molar-refractivity contribution in [2.45, 2.75) is 105 Å². The number of benzene rings is 2. The number of carbonyl (C=O) groups excluding carboxylic acids is 1. The van der Waals surface area contributed by atoms with Crippen LogP contribution in [-0.4, -0.2) is 47.4 Å². The summed E-state index contributed by atoms with van der Waals surface area (Å²) >= 11 is 0. The zero-order chi connectivity index (χ0) is 30.4. The van der Waals surface area contributed by atoms with E-state index in [2.05, 4.69) is 61.9 Å². The van der Waals surface area contributed by atoms with Crippen LogP contribution < -0.4 is 15.4 Å². The van der Waals surface area contributed by atoms with Gasteiger partial charge in [0, 0.05) is 29.6 Å². The number of hydrogen-bond acceptors (Lipinski definition) is 4. The second kappa shape index (κ2) is 18.2. The van der Waals surface area contributed by atoms with Crippen LogP contribution in [0.1, 0.15) is 101 Å². The second-order valence-corrected chi connectivity index (χ2v) is 13.0. The standard InChI is InChI=1S/C33H49N3O2S.C2H6/c1-7-26-17-18-28-29(26)20-27(21-30(28)36-39(6)8-2)33(38)35-31(19-25-15-10-9-11-16-25)32(37)22-34-24(5)14-12-13-23(3)4;1-2/h9-11,15-17,20-21,23-24,31-32,34,36-37H,6-8,12-14,18-19,22H2,1-5H3,(H,35,38);1-2H3. The average Bonchev–Trinajstić information content (AvgIpc) is 3.40. The molecule has 6 heteroatoms. The van der Waals surface area contributed by atoms with Crippen molar-refractivity contribution in [2.24, 2.45) is 5.92 Å². The number of hydrogen-bond donors (Lipinski definition) is 4. The fraction of sp³-hybridized carbons (Fsp3) is 0.543. The molecule has 0 spiro atoms. The van der Waals surface area contributed by atoms with Crippen molar-refractivity contribution >= 4 is 33.7 Å². The maximum absolute atomic E-state index is 13.7. The van der Waals surface area contributed by atoms with Gasteiger partial charge in [-0.25, -0.2) is 0 Å². The number of rotatable bonds is 16. The molecular formula is C35H55N3O2S. The molecule has 5 nitrogen and oxygen atoms in total. The van der Waals surface area contributed by atoms with Gasteiger partial charge < -0.3 is 20.5 Å². The van der Waals surface area contributed by atoms with E-state index < -0.39 is 12.1 Å². The Hall–Kier alpha value is -2.41. The summed E-state index contributed by atoms with van der Waals surface area (Å²) in [5.41, 5.74) is 6.37. The topological polar surface area (TPSA) is 73.4 Å². The molecule has 0 fully saturated rings. The van der Waals surface area contributed by atoms with Gasteiger partial charge in [0.2, 0.25) is 0 Å². The van der Waals surface area contributed by atoms with Gasteiger partial charge in [-0.05, 0) is 72.9 Å². The predicted octanol–water partition coefficient (Wildman–Crippen LogP) is 7.62. The fourth-order valence-electron chi connectivity index (χ4n) is 5.10. The number of allylic oxidation sites excluding steroid dienone is 2. The van der Waals surface area contributed by atoms with Gasteiger partial charge >= 0.3 is 0 Å². The van der Waals surface area contributed by atoms with E-state index in [-0.39, 0.29) is 16.6 Å². The van der Waals surface area contributed by atoms with E-state index in [1.54, 1.807) is 0 Å². The molecule has 228 valence electrons. The van der Waals surface area contributed by atoms with Crippen LogP contribution in [0.3, 0.4) is 0 Å². The molecule has 4 atom stereocenters. The van der Waals surface area contributed by atoms with Gasteiger partial charge in [0.25, 0.3) is 5.91 Å². The molecule has 3 rings (SSSR count). The third kappa shape index (κ3) is 11.1. The lowest BCUT2D eigenvalue weighted by molar-refractivity contribution is 0.0825. The van der Waals surface area contributed by atoms with Crippen molar-refractivity contribution in [3.63, 3.8) is 0 Å². The van der Waals surface area contributed by atoms with E-state index >= 15 is 0 Å². The van der Waals surface area contributed by atoms with Crippen LogP contribution in [0.25, 0.3) is 5.57 Å². The fourth-order valence-corrected chi connectivity index (χ4v) is 5.74. The predicted molar refractivity (Wildman–Crippen MR) is 182 cm³/mol. The minimum atomic E-state index is -0.717. The van der Waals surface area contributed by atoms with Crippen molar-refractivity contribution in [3.05, 3.63) is 70.8 Å². The van der Waals surface area contributed by atoms with Crippen LogP contribution in [0.4, 0.5) is 5.69 Å². The summed E-state index contributed by atoms with van der Waals surface area (Å²) in [7, 11) is -0.216. The first kappa shape index (κ1) is 34.8. The lowest BCUT2D eigenvalue weighted by Crippen LogP contribution is -2.49. The number of fused-ring (bicyclic) bond motifs is 1. The average molecular weight is 582 g/mol. The van der Waals surface area contributed by atoms with Crippen molar-refractivity contribution in [1.29, 1.82) is 0 Å². The Balaban J connectivity index is 0.00000287. The Kier molecular flexibility index (Phi) is 15.4. The monoisotopic (exact) mass is 581 g/mol. The van der Waals surface area contributed by atoms with Gasteiger partial charge in [-0.3, -0.25) is 4.79 Å². The Labute approximate surface area is 252 Å². The molecule has 4 unspecified atom stereocenters.